The van der Waals surface area contributed by atoms with Crippen LogP contribution >= 0.6 is 0 Å². The van der Waals surface area contributed by atoms with Gasteiger partial charge in [0.15, 0.2) is 11.4 Å². The lowest BCUT2D eigenvalue weighted by atomic mass is 10.00. The van der Waals surface area contributed by atoms with Gasteiger partial charge in [0.05, 0.1) is 63.3 Å². The Labute approximate surface area is 316 Å². The van der Waals surface area contributed by atoms with Gasteiger partial charge >= 0.3 is 0 Å². The van der Waals surface area contributed by atoms with Crippen molar-refractivity contribution in [2.75, 3.05) is 0 Å². The zero-order valence-corrected chi connectivity index (χ0v) is 29.5. The van der Waals surface area contributed by atoms with Gasteiger partial charge in [0.25, 0.3) is 0 Å². The van der Waals surface area contributed by atoms with Crippen LogP contribution in [-0.2, 0) is 0 Å². The highest BCUT2D eigenvalue weighted by atomic mass is 15.1. The van der Waals surface area contributed by atoms with Crippen molar-refractivity contribution in [3.05, 3.63) is 199 Å². The van der Waals surface area contributed by atoms with E-state index in [-0.39, 0.29) is 0 Å². The summed E-state index contributed by atoms with van der Waals surface area (Å²) in [6, 6.07) is 61.4. The van der Waals surface area contributed by atoms with Gasteiger partial charge in [-0.2, -0.15) is 0 Å². The first-order valence-electron chi connectivity index (χ1n) is 18.3. The minimum atomic E-state index is 0.570. The highest BCUT2D eigenvalue weighted by Crippen LogP contribution is 2.44. The molecule has 0 unspecified atom stereocenters. The van der Waals surface area contributed by atoms with E-state index in [0.29, 0.717) is 11.4 Å². The lowest BCUT2D eigenvalue weighted by molar-refractivity contribution is 1.13. The van der Waals surface area contributed by atoms with Crippen molar-refractivity contribution in [3.63, 3.8) is 0 Å². The Bertz CT molecular complexity index is 3420. The Balaban J connectivity index is 1.27. The molecule has 0 saturated carbocycles. The molecule has 3 heterocycles. The third-order valence-electron chi connectivity index (χ3n) is 11.1. The van der Waals surface area contributed by atoms with E-state index in [1.807, 2.05) is 24.3 Å². The molecule has 5 heteroatoms. The van der Waals surface area contributed by atoms with E-state index >= 15 is 0 Å². The molecule has 0 atom stereocenters. The average Bonchev–Trinajstić information content (AvgIpc) is 3.89. The molecule has 0 spiro atoms. The van der Waals surface area contributed by atoms with Gasteiger partial charge in [-0.1, -0.05) is 115 Å². The number of nitrogens with zero attached hydrogens (tertiary/aromatic N) is 5. The Hall–Kier alpha value is -7.86. The number of benzene rings is 8. The highest BCUT2D eigenvalue weighted by molar-refractivity contribution is 6.16. The van der Waals surface area contributed by atoms with Gasteiger partial charge in [-0.15, -0.1) is 0 Å². The van der Waals surface area contributed by atoms with Crippen LogP contribution in [-0.4, -0.2) is 13.7 Å². The molecule has 11 aromatic rings. The molecule has 0 radical (unpaired) electrons. The Kier molecular flexibility index (Phi) is 6.61. The summed E-state index contributed by atoms with van der Waals surface area (Å²) in [6.07, 6.45) is 0. The quantitative estimate of drug-likeness (QED) is 0.163. The molecule has 0 saturated heterocycles. The van der Waals surface area contributed by atoms with Crippen LogP contribution in [0, 0.1) is 13.1 Å². The normalized spacial score (nSPS) is 11.6. The van der Waals surface area contributed by atoms with Gasteiger partial charge in [-0.05, 0) is 71.6 Å². The fourth-order valence-electron chi connectivity index (χ4n) is 8.80. The predicted molar refractivity (Wildman–Crippen MR) is 227 cm³/mol. The number of rotatable bonds is 4. The molecule has 0 amide bonds. The van der Waals surface area contributed by atoms with Crippen molar-refractivity contribution in [2.45, 2.75) is 0 Å². The average molecular weight is 700 g/mol. The van der Waals surface area contributed by atoms with Gasteiger partial charge in [0.2, 0.25) is 0 Å². The molecule has 0 aliphatic rings. The number of aromatic nitrogens is 3. The summed E-state index contributed by atoms with van der Waals surface area (Å²) in [5, 5.41) is 6.86. The molecule has 8 aromatic carbocycles. The number of hydrogen-bond donors (Lipinski definition) is 0. The molecule has 11 rings (SSSR count). The van der Waals surface area contributed by atoms with Gasteiger partial charge < -0.3 is 13.7 Å². The number of hydrogen-bond acceptors (Lipinski definition) is 0. The van der Waals surface area contributed by atoms with Crippen LogP contribution in [0.2, 0.25) is 0 Å². The summed E-state index contributed by atoms with van der Waals surface area (Å²) in [4.78, 5) is 7.69. The van der Waals surface area contributed by atoms with Crippen molar-refractivity contribution < 1.29 is 0 Å². The lowest BCUT2D eigenvalue weighted by Gasteiger charge is -2.20. The summed E-state index contributed by atoms with van der Waals surface area (Å²) in [5.41, 5.74) is 12.7. The number of para-hydroxylation sites is 6. The van der Waals surface area contributed by atoms with E-state index < -0.39 is 0 Å². The van der Waals surface area contributed by atoms with Crippen molar-refractivity contribution in [1.29, 1.82) is 0 Å². The standard InChI is InChI=1S/C50H29N5/c1-51-32-26-28-47-40(30-32)37-17-6-10-22-44(37)53(47)45-23-11-7-18-38(45)41-31-33(52-2)27-29-48(41)55-46-24-12-5-16-36(46)39-19-13-25-49(50(39)55)54-42-20-8-3-14-34(42)35-15-4-9-21-43(35)54/h3-31H. The first-order chi connectivity index (χ1) is 27.2. The van der Waals surface area contributed by atoms with Crippen molar-refractivity contribution >= 4 is 76.8 Å². The summed E-state index contributed by atoms with van der Waals surface area (Å²) < 4.78 is 7.10. The van der Waals surface area contributed by atoms with Crippen molar-refractivity contribution in [3.8, 4) is 28.2 Å². The second kappa shape index (κ2) is 11.8. The minimum Gasteiger partial charge on any atom is -0.309 e. The van der Waals surface area contributed by atoms with Crippen LogP contribution in [0.5, 0.6) is 0 Å². The first-order valence-corrected chi connectivity index (χ1v) is 18.3. The van der Waals surface area contributed by atoms with E-state index in [1.165, 1.54) is 10.8 Å². The van der Waals surface area contributed by atoms with E-state index in [0.717, 1.165) is 82.8 Å². The summed E-state index contributed by atoms with van der Waals surface area (Å²) >= 11 is 0. The molecule has 254 valence electrons. The monoisotopic (exact) mass is 699 g/mol. The highest BCUT2D eigenvalue weighted by Gasteiger charge is 2.23. The zero-order chi connectivity index (χ0) is 36.6. The lowest BCUT2D eigenvalue weighted by Crippen LogP contribution is -2.03. The molecule has 3 aromatic heterocycles. The third kappa shape index (κ3) is 4.39. The fraction of sp³-hybridized carbons (Fsp3) is 0. The SMILES string of the molecule is [C-]#[N+]c1ccc(-n2c3ccccc3c3cccc(-n4c5ccccc5c5ccccc54)c32)c(-c2ccccc2-n2c3ccccc3c3cc([N+]#[C-])ccc32)c1. The molecule has 0 fully saturated rings. The first kappa shape index (κ1) is 30.7. The predicted octanol–water partition coefficient (Wildman–Crippen LogP) is 13.7. The second-order valence-corrected chi connectivity index (χ2v) is 13.9. The van der Waals surface area contributed by atoms with E-state index in [4.69, 9.17) is 13.1 Å². The molecular weight excluding hydrogens is 671 g/mol. The zero-order valence-electron chi connectivity index (χ0n) is 29.5. The Morgan fingerprint density at radius 1 is 0.309 bits per heavy atom. The minimum absolute atomic E-state index is 0.570. The summed E-state index contributed by atoms with van der Waals surface area (Å²) in [7, 11) is 0. The van der Waals surface area contributed by atoms with Crippen molar-refractivity contribution in [1.82, 2.24) is 13.7 Å². The second-order valence-electron chi connectivity index (χ2n) is 13.9. The topological polar surface area (TPSA) is 23.5 Å². The van der Waals surface area contributed by atoms with E-state index in [2.05, 4.69) is 175 Å². The van der Waals surface area contributed by atoms with Gasteiger partial charge in [-0.25, -0.2) is 9.69 Å². The largest absolute Gasteiger partial charge is 0.309 e. The van der Waals surface area contributed by atoms with E-state index in [9.17, 15) is 0 Å². The van der Waals surface area contributed by atoms with Gasteiger partial charge in [0, 0.05) is 32.5 Å². The van der Waals surface area contributed by atoms with Gasteiger partial charge in [0.1, 0.15) is 0 Å². The van der Waals surface area contributed by atoms with Gasteiger partial charge in [-0.3, -0.25) is 0 Å². The van der Waals surface area contributed by atoms with Crippen LogP contribution < -0.4 is 0 Å². The maximum Gasteiger partial charge on any atom is 0.188 e. The van der Waals surface area contributed by atoms with Crippen molar-refractivity contribution in [2.24, 2.45) is 0 Å². The van der Waals surface area contributed by atoms with E-state index in [1.54, 1.807) is 0 Å². The molecule has 55 heavy (non-hydrogen) atoms. The van der Waals surface area contributed by atoms with Crippen LogP contribution in [0.25, 0.3) is 103 Å². The maximum atomic E-state index is 8.12. The van der Waals surface area contributed by atoms with Crippen LogP contribution in [0.4, 0.5) is 11.4 Å². The third-order valence-corrected chi connectivity index (χ3v) is 11.1. The maximum absolute atomic E-state index is 8.12. The molecular formula is C50H29N5. The molecule has 0 aliphatic carbocycles. The molecule has 5 nitrogen and oxygen atoms in total. The summed E-state index contributed by atoms with van der Waals surface area (Å²) in [5.74, 6) is 0. The smallest absolute Gasteiger partial charge is 0.188 e. The Morgan fingerprint density at radius 3 is 1.40 bits per heavy atom. The van der Waals surface area contributed by atoms with Crippen LogP contribution in [0.15, 0.2) is 176 Å². The fourth-order valence-corrected chi connectivity index (χ4v) is 8.80. The molecule has 0 bridgehead atoms. The molecule has 0 N–H and O–H groups in total. The summed E-state index contributed by atoms with van der Waals surface area (Å²) in [6.45, 7) is 15.8. The molecule has 0 aliphatic heterocycles. The Morgan fingerprint density at radius 2 is 0.745 bits per heavy atom. The van der Waals surface area contributed by atoms with Crippen LogP contribution in [0.3, 0.4) is 0 Å². The van der Waals surface area contributed by atoms with Crippen LogP contribution in [0.1, 0.15) is 0 Å². The number of fused-ring (bicyclic) bond motifs is 9.